The van der Waals surface area contributed by atoms with Gasteiger partial charge in [0.2, 0.25) is 0 Å². The van der Waals surface area contributed by atoms with Gasteiger partial charge in [0, 0.05) is 10.9 Å². The molecule has 0 bridgehead atoms. The lowest BCUT2D eigenvalue weighted by atomic mass is 9.82. The van der Waals surface area contributed by atoms with E-state index in [1.807, 2.05) is 0 Å². The minimum atomic E-state index is 1.06. The van der Waals surface area contributed by atoms with Crippen molar-refractivity contribution in [3.63, 3.8) is 0 Å². The molecule has 1 aromatic heterocycles. The SMILES string of the molecule is Cc1cc2cccc(C)c2nc1-c1ccc2c3c(cccc13)-c1c-2c(-c2ccccc2)c2ccccc2c1-c1ccccc1. The Hall–Kier alpha value is -5.53. The van der Waals surface area contributed by atoms with Crippen molar-refractivity contribution in [1.82, 2.24) is 4.98 Å². The lowest BCUT2D eigenvalue weighted by Gasteiger charge is -2.20. The van der Waals surface area contributed by atoms with Crippen LogP contribution in [-0.2, 0) is 0 Å². The molecule has 0 amide bonds. The predicted octanol–water partition coefficient (Wildman–Crippen LogP) is 11.8. The summed E-state index contributed by atoms with van der Waals surface area (Å²) in [5, 5.41) is 6.32. The number of aromatic nitrogens is 1. The largest absolute Gasteiger partial charge is 0.247 e. The summed E-state index contributed by atoms with van der Waals surface area (Å²) in [6, 6.07) is 51.0. The number of aryl methyl sites for hydroxylation is 2. The second-order valence-corrected chi connectivity index (χ2v) is 12.0. The van der Waals surface area contributed by atoms with E-state index >= 15 is 0 Å². The van der Waals surface area contributed by atoms with E-state index < -0.39 is 0 Å². The molecule has 44 heavy (non-hydrogen) atoms. The topological polar surface area (TPSA) is 12.9 Å². The van der Waals surface area contributed by atoms with Crippen LogP contribution < -0.4 is 0 Å². The van der Waals surface area contributed by atoms with Crippen LogP contribution in [0.15, 0.2) is 140 Å². The van der Waals surface area contributed by atoms with Gasteiger partial charge in [0.15, 0.2) is 0 Å². The van der Waals surface area contributed by atoms with Crippen LogP contribution in [0.2, 0.25) is 0 Å². The van der Waals surface area contributed by atoms with Gasteiger partial charge in [0.1, 0.15) is 0 Å². The molecule has 1 nitrogen and oxygen atoms in total. The average molecular weight is 560 g/mol. The molecule has 9 rings (SSSR count). The van der Waals surface area contributed by atoms with Crippen LogP contribution in [0.25, 0.3) is 88.2 Å². The molecule has 0 radical (unpaired) electrons. The Morgan fingerprint density at radius 3 is 1.61 bits per heavy atom. The van der Waals surface area contributed by atoms with Crippen molar-refractivity contribution in [2.24, 2.45) is 0 Å². The van der Waals surface area contributed by atoms with Crippen LogP contribution in [0, 0.1) is 13.8 Å². The minimum Gasteiger partial charge on any atom is -0.247 e. The first-order chi connectivity index (χ1) is 21.7. The zero-order valence-corrected chi connectivity index (χ0v) is 24.7. The summed E-state index contributed by atoms with van der Waals surface area (Å²) in [6.07, 6.45) is 0. The first-order valence-electron chi connectivity index (χ1n) is 15.3. The minimum absolute atomic E-state index is 1.06. The third kappa shape index (κ3) is 3.50. The van der Waals surface area contributed by atoms with Gasteiger partial charge in [-0.3, -0.25) is 0 Å². The fraction of sp³-hybridized carbons (Fsp3) is 0.0465. The van der Waals surface area contributed by atoms with Crippen molar-refractivity contribution >= 4 is 32.4 Å². The first kappa shape index (κ1) is 25.0. The zero-order valence-electron chi connectivity index (χ0n) is 24.7. The molecule has 1 aliphatic rings. The summed E-state index contributed by atoms with van der Waals surface area (Å²) < 4.78 is 0. The smallest absolute Gasteiger partial charge is 0.0745 e. The van der Waals surface area contributed by atoms with E-state index in [1.165, 1.54) is 88.1 Å². The highest BCUT2D eigenvalue weighted by atomic mass is 14.7. The quantitative estimate of drug-likeness (QED) is 0.210. The van der Waals surface area contributed by atoms with Gasteiger partial charge in [-0.05, 0) is 97.1 Å². The molecule has 0 unspecified atom stereocenters. The molecule has 0 saturated carbocycles. The maximum absolute atomic E-state index is 5.30. The van der Waals surface area contributed by atoms with Crippen LogP contribution in [0.3, 0.4) is 0 Å². The molecule has 7 aromatic carbocycles. The Morgan fingerprint density at radius 2 is 0.955 bits per heavy atom. The molecule has 0 fully saturated rings. The Kier molecular flexibility index (Phi) is 5.39. The van der Waals surface area contributed by atoms with Gasteiger partial charge in [-0.25, -0.2) is 4.98 Å². The highest BCUT2D eigenvalue weighted by Gasteiger charge is 2.31. The van der Waals surface area contributed by atoms with Crippen molar-refractivity contribution in [3.05, 3.63) is 151 Å². The predicted molar refractivity (Wildman–Crippen MR) is 187 cm³/mol. The lowest BCUT2D eigenvalue weighted by Crippen LogP contribution is -1.94. The number of para-hydroxylation sites is 1. The number of fused-ring (bicyclic) bond motifs is 5. The Labute approximate surface area is 257 Å². The van der Waals surface area contributed by atoms with E-state index in [0.29, 0.717) is 0 Å². The van der Waals surface area contributed by atoms with Crippen molar-refractivity contribution in [3.8, 4) is 55.8 Å². The average Bonchev–Trinajstić information content (AvgIpc) is 3.39. The summed E-state index contributed by atoms with van der Waals surface area (Å²) in [6.45, 7) is 4.34. The van der Waals surface area contributed by atoms with E-state index in [2.05, 4.69) is 153 Å². The number of rotatable bonds is 3. The van der Waals surface area contributed by atoms with Crippen LogP contribution in [0.1, 0.15) is 11.1 Å². The van der Waals surface area contributed by atoms with Gasteiger partial charge in [-0.15, -0.1) is 0 Å². The molecule has 8 aromatic rings. The molecule has 1 heterocycles. The lowest BCUT2D eigenvalue weighted by molar-refractivity contribution is 1.31. The molecule has 206 valence electrons. The first-order valence-corrected chi connectivity index (χ1v) is 15.3. The van der Waals surface area contributed by atoms with Crippen molar-refractivity contribution in [2.45, 2.75) is 13.8 Å². The van der Waals surface area contributed by atoms with E-state index in [9.17, 15) is 0 Å². The second-order valence-electron chi connectivity index (χ2n) is 12.0. The molecule has 0 atom stereocenters. The number of benzene rings is 7. The summed E-state index contributed by atoms with van der Waals surface area (Å²) in [7, 11) is 0. The Balaban J connectivity index is 1.44. The maximum atomic E-state index is 5.30. The van der Waals surface area contributed by atoms with E-state index in [1.54, 1.807) is 0 Å². The molecular weight excluding hydrogens is 530 g/mol. The van der Waals surface area contributed by atoms with Gasteiger partial charge < -0.3 is 0 Å². The third-order valence-electron chi connectivity index (χ3n) is 9.41. The summed E-state index contributed by atoms with van der Waals surface area (Å²) in [5.41, 5.74) is 16.1. The van der Waals surface area contributed by atoms with E-state index in [-0.39, 0.29) is 0 Å². The van der Waals surface area contributed by atoms with Gasteiger partial charge in [-0.2, -0.15) is 0 Å². The molecule has 0 saturated heterocycles. The van der Waals surface area contributed by atoms with Crippen LogP contribution in [0.4, 0.5) is 0 Å². The molecule has 0 aliphatic heterocycles. The second kappa shape index (κ2) is 9.49. The van der Waals surface area contributed by atoms with Crippen LogP contribution in [-0.4, -0.2) is 4.98 Å². The standard InChI is InChI=1S/C43H29N/c1-26-13-11-18-30-25-27(2)43(44-42(26)30)34-23-24-36-39-33(34)21-12-22-35(39)40-37(28-14-5-3-6-15-28)31-19-9-10-20-32(31)38(41(36)40)29-16-7-4-8-17-29/h3-25H,1-2H3. The fourth-order valence-corrected chi connectivity index (χ4v) is 7.54. The Bertz CT molecular complexity index is 2340. The number of nitrogens with zero attached hydrogens (tertiary/aromatic N) is 1. The van der Waals surface area contributed by atoms with Crippen molar-refractivity contribution in [1.29, 1.82) is 0 Å². The van der Waals surface area contributed by atoms with Crippen LogP contribution >= 0.6 is 0 Å². The molecule has 0 spiro atoms. The highest BCUT2D eigenvalue weighted by Crippen LogP contribution is 2.58. The molecular formula is C43H29N. The Morgan fingerprint density at radius 1 is 0.409 bits per heavy atom. The highest BCUT2D eigenvalue weighted by molar-refractivity contribution is 6.28. The van der Waals surface area contributed by atoms with Crippen LogP contribution in [0.5, 0.6) is 0 Å². The maximum Gasteiger partial charge on any atom is 0.0745 e. The molecule has 1 heteroatoms. The molecule has 0 N–H and O–H groups in total. The number of hydrogen-bond acceptors (Lipinski definition) is 1. The number of pyridine rings is 1. The van der Waals surface area contributed by atoms with Gasteiger partial charge >= 0.3 is 0 Å². The fourth-order valence-electron chi connectivity index (χ4n) is 7.54. The molecule has 1 aliphatic carbocycles. The van der Waals surface area contributed by atoms with E-state index in [4.69, 9.17) is 4.98 Å². The summed E-state index contributed by atoms with van der Waals surface area (Å²) in [4.78, 5) is 5.30. The van der Waals surface area contributed by atoms with Gasteiger partial charge in [-0.1, -0.05) is 133 Å². The van der Waals surface area contributed by atoms with E-state index in [0.717, 1.165) is 11.2 Å². The number of hydrogen-bond donors (Lipinski definition) is 0. The zero-order chi connectivity index (χ0) is 29.4. The van der Waals surface area contributed by atoms with Crippen molar-refractivity contribution < 1.29 is 0 Å². The van der Waals surface area contributed by atoms with Gasteiger partial charge in [0.25, 0.3) is 0 Å². The van der Waals surface area contributed by atoms with Crippen molar-refractivity contribution in [2.75, 3.05) is 0 Å². The summed E-state index contributed by atoms with van der Waals surface area (Å²) in [5.74, 6) is 0. The monoisotopic (exact) mass is 559 g/mol. The van der Waals surface area contributed by atoms with Gasteiger partial charge in [0.05, 0.1) is 11.2 Å². The summed E-state index contributed by atoms with van der Waals surface area (Å²) >= 11 is 0. The normalized spacial score (nSPS) is 11.9. The third-order valence-corrected chi connectivity index (χ3v) is 9.41.